The molecule has 0 bridgehead atoms. The number of hydrogen-bond donors (Lipinski definition) is 2. The Labute approximate surface area is 154 Å². The average molecular weight is 364 g/mol. The molecule has 5 nitrogen and oxygen atoms in total. The van der Waals surface area contributed by atoms with Crippen molar-refractivity contribution in [1.29, 1.82) is 1.43 Å². The van der Waals surface area contributed by atoms with Crippen molar-refractivity contribution in [2.24, 2.45) is 0 Å². The van der Waals surface area contributed by atoms with Crippen molar-refractivity contribution < 1.29 is 20.8 Å². The van der Waals surface area contributed by atoms with Gasteiger partial charge in [-0.2, -0.15) is 0 Å². The van der Waals surface area contributed by atoms with E-state index in [1.807, 2.05) is 0 Å². The summed E-state index contributed by atoms with van der Waals surface area (Å²) in [6.45, 7) is 3.24. The van der Waals surface area contributed by atoms with Crippen LogP contribution in [0.15, 0.2) is 48.5 Å². The first-order valence-electron chi connectivity index (χ1n) is 8.60. The number of benzene rings is 2. The Morgan fingerprint density at radius 3 is 2.44 bits per heavy atom. The number of carboxylic acid groups (broad SMARTS) is 1. The van der Waals surface area contributed by atoms with E-state index in [1.165, 1.54) is 13.8 Å². The van der Waals surface area contributed by atoms with Gasteiger partial charge in [0.05, 0.1) is 0 Å². The van der Waals surface area contributed by atoms with Crippen molar-refractivity contribution in [3.05, 3.63) is 64.7 Å². The third kappa shape index (κ3) is 5.50. The van der Waals surface area contributed by atoms with Gasteiger partial charge in [-0.3, -0.25) is 4.79 Å². The molecule has 0 saturated carbocycles. The highest BCUT2D eigenvalue weighted by molar-refractivity contribution is 6.30. The van der Waals surface area contributed by atoms with Gasteiger partial charge in [-0.05, 0) is 62.2 Å². The van der Waals surface area contributed by atoms with Crippen LogP contribution in [0, 0.1) is 0 Å². The number of aliphatic carboxylic acids is 1. The third-order valence-electron chi connectivity index (χ3n) is 3.54. The highest BCUT2D eigenvalue weighted by Crippen LogP contribution is 2.19. The Morgan fingerprint density at radius 1 is 1.20 bits per heavy atom. The minimum absolute atomic E-state index is 0.221. The van der Waals surface area contributed by atoms with Crippen LogP contribution in [0.1, 0.15) is 29.8 Å². The van der Waals surface area contributed by atoms with Gasteiger partial charge >= 0.3 is 5.97 Å². The van der Waals surface area contributed by atoms with Crippen LogP contribution in [0.5, 0.6) is 5.75 Å². The lowest BCUT2D eigenvalue weighted by atomic mass is 10.1. The summed E-state index contributed by atoms with van der Waals surface area (Å²) in [6.07, 6.45) is 0.487. The number of carboxylic acids is 1. The molecule has 0 spiro atoms. The van der Waals surface area contributed by atoms with Crippen molar-refractivity contribution in [2.75, 3.05) is 6.54 Å². The molecule has 2 N–H and O–H groups in total. The number of halogens is 1. The van der Waals surface area contributed by atoms with Crippen molar-refractivity contribution in [2.45, 2.75) is 25.9 Å². The summed E-state index contributed by atoms with van der Waals surface area (Å²) in [4.78, 5) is 23.7. The van der Waals surface area contributed by atoms with Gasteiger partial charge < -0.3 is 15.2 Å². The summed E-state index contributed by atoms with van der Waals surface area (Å²) in [6, 6.07) is 13.3. The number of amides is 1. The van der Waals surface area contributed by atoms with Crippen molar-refractivity contribution >= 4 is 23.5 Å². The van der Waals surface area contributed by atoms with Gasteiger partial charge in [0.15, 0.2) is 7.01 Å². The lowest BCUT2D eigenvalue weighted by molar-refractivity contribution is -0.152. The topological polar surface area (TPSA) is 75.6 Å². The van der Waals surface area contributed by atoms with Gasteiger partial charge in [0, 0.05) is 17.1 Å². The van der Waals surface area contributed by atoms with Crippen LogP contribution >= 0.6 is 11.6 Å². The predicted octanol–water partition coefficient (Wildman–Crippen LogP) is 3.55. The highest BCUT2D eigenvalue weighted by Gasteiger charge is 2.29. The lowest BCUT2D eigenvalue weighted by Crippen LogP contribution is -2.37. The normalized spacial score (nSPS) is 12.0. The molecule has 2 aromatic carbocycles. The second kappa shape index (κ2) is 8.03. The summed E-state index contributed by atoms with van der Waals surface area (Å²) in [5.74, 6) is -0.742. The molecule has 0 unspecified atom stereocenters. The molecule has 0 aliphatic rings. The Kier molecular flexibility index (Phi) is 5.13. The maximum Gasteiger partial charge on any atom is 0.347 e. The monoisotopic (exact) mass is 363 g/mol. The zero-order valence-electron chi connectivity index (χ0n) is 16.0. The molecule has 0 saturated heterocycles. The van der Waals surface area contributed by atoms with Crippen LogP contribution in [0.25, 0.3) is 1.43 Å². The predicted molar refractivity (Wildman–Crippen MR) is 96.3 cm³/mol. The third-order valence-corrected chi connectivity index (χ3v) is 3.79. The summed E-state index contributed by atoms with van der Waals surface area (Å²) in [5.41, 5.74) is 0.0396. The number of carbonyl (C=O) groups excluding carboxylic acids is 1. The Hall–Kier alpha value is -2.53. The minimum Gasteiger partial charge on any atom is -0.478 e. The first-order chi connectivity index (χ1) is 12.7. The molecule has 1 amide bonds. The Bertz CT molecular complexity index is 794. The standard InChI is InChI=1S/C19H20ClNO4/c1-19(2,18(23)24)25-16-9-3-13(4-10-16)11-12-21-17(22)14-5-7-15(20)8-6-14/h3-10H,11-12H2,1-2H3,(H,21,22)(H,23,24)/i/hD2. The van der Waals surface area contributed by atoms with E-state index in [4.69, 9.17) is 19.2 Å². The van der Waals surface area contributed by atoms with E-state index >= 15 is 0 Å². The molecule has 0 heterocycles. The van der Waals surface area contributed by atoms with Gasteiger partial charge in [-0.1, -0.05) is 23.7 Å². The number of nitrogens with one attached hydrogen (secondary N) is 1. The van der Waals surface area contributed by atoms with Crippen LogP contribution in [0.4, 0.5) is 0 Å². The zero-order chi connectivity index (χ0) is 20.0. The summed E-state index contributed by atoms with van der Waals surface area (Å²) in [7, 11) is 0. The van der Waals surface area contributed by atoms with Crippen LogP contribution in [0.3, 0.4) is 0 Å². The fraction of sp³-hybridized carbons (Fsp3) is 0.263. The van der Waals surface area contributed by atoms with Crippen LogP contribution < -0.4 is 10.0 Å². The van der Waals surface area contributed by atoms with Gasteiger partial charge in [0.2, 0.25) is 0 Å². The van der Waals surface area contributed by atoms with E-state index < -0.39 is 17.5 Å². The van der Waals surface area contributed by atoms with E-state index in [-0.39, 0.29) is 6.54 Å². The molecule has 0 aliphatic carbocycles. The molecule has 132 valence electrons. The minimum atomic E-state index is -1.27. The van der Waals surface area contributed by atoms with Gasteiger partial charge in [0.25, 0.3) is 7.34 Å². The van der Waals surface area contributed by atoms with Crippen LogP contribution in [0.2, 0.25) is 6.43 Å². The number of carbonyl (C=O) groups is 2. The van der Waals surface area contributed by atoms with Gasteiger partial charge in [-0.25, -0.2) is 4.79 Å². The SMILES string of the molecule is [2H]OC(=O)C(C)(C)Oc1ccc(CCN([2H])C(=O)c2ccc(Cl)cc2)cc1. The first-order valence-corrected chi connectivity index (χ1v) is 8.12. The van der Waals surface area contributed by atoms with Crippen molar-refractivity contribution in [1.82, 2.24) is 5.31 Å². The van der Waals surface area contributed by atoms with Gasteiger partial charge in [0.1, 0.15) is 5.75 Å². The van der Waals surface area contributed by atoms with E-state index in [0.29, 0.717) is 22.8 Å². The Morgan fingerprint density at radius 2 is 1.84 bits per heavy atom. The number of hydrogen-bond acceptors (Lipinski definition) is 4. The second-order valence-corrected chi connectivity index (χ2v) is 6.42. The molecule has 0 atom stereocenters. The molecule has 2 aromatic rings. The fourth-order valence-corrected chi connectivity index (χ4v) is 2.16. The van der Waals surface area contributed by atoms with E-state index in [9.17, 15) is 9.59 Å². The smallest absolute Gasteiger partial charge is 0.347 e. The first kappa shape index (κ1) is 16.0. The fourth-order valence-electron chi connectivity index (χ4n) is 2.03. The van der Waals surface area contributed by atoms with Crippen LogP contribution in [-0.2, 0) is 11.2 Å². The number of rotatable bonds is 7. The lowest BCUT2D eigenvalue weighted by Gasteiger charge is -2.21. The second-order valence-electron chi connectivity index (χ2n) is 5.99. The molecule has 0 aliphatic heterocycles. The molecule has 2 rings (SSSR count). The highest BCUT2D eigenvalue weighted by atomic mass is 35.5. The maximum absolute atomic E-state index is 12.2. The van der Waals surface area contributed by atoms with Crippen LogP contribution in [-0.4, -0.2) is 29.1 Å². The van der Waals surface area contributed by atoms with E-state index in [1.54, 1.807) is 48.5 Å². The summed E-state index contributed by atoms with van der Waals surface area (Å²) >= 11 is 5.80. The quantitative estimate of drug-likeness (QED) is 0.788. The summed E-state index contributed by atoms with van der Waals surface area (Å²) < 4.78 is 20.1. The molecular weight excluding hydrogens is 342 g/mol. The number of ether oxygens (including phenoxy) is 1. The van der Waals surface area contributed by atoms with Crippen molar-refractivity contribution in [3.63, 3.8) is 0 Å². The van der Waals surface area contributed by atoms with Gasteiger partial charge in [-0.15, -0.1) is 0 Å². The molecule has 25 heavy (non-hydrogen) atoms. The molecule has 0 radical (unpaired) electrons. The summed E-state index contributed by atoms with van der Waals surface area (Å²) in [5, 5.41) is 5.40. The van der Waals surface area contributed by atoms with E-state index in [0.717, 1.165) is 10.9 Å². The Balaban J connectivity index is 1.91. The zero-order valence-corrected chi connectivity index (χ0v) is 14.7. The maximum atomic E-state index is 12.2. The van der Waals surface area contributed by atoms with E-state index in [2.05, 4.69) is 5.11 Å². The average Bonchev–Trinajstić information content (AvgIpc) is 2.66. The molecule has 6 heteroatoms. The largest absolute Gasteiger partial charge is 0.478 e. The molecule has 0 fully saturated rings. The molecule has 0 aromatic heterocycles. The molecular formula is C19H20ClNO4. The van der Waals surface area contributed by atoms with Crippen molar-refractivity contribution in [3.8, 4) is 5.75 Å².